The highest BCUT2D eigenvalue weighted by molar-refractivity contribution is 7.15. The first kappa shape index (κ1) is 13.4. The molecule has 1 atom stereocenters. The van der Waals surface area contributed by atoms with Gasteiger partial charge in [0.1, 0.15) is 4.88 Å². The molecular weight excluding hydrogens is 281 g/mol. The molecule has 1 N–H and O–H groups in total. The van der Waals surface area contributed by atoms with Gasteiger partial charge in [-0.25, -0.2) is 4.98 Å². The first-order chi connectivity index (χ1) is 8.47. The van der Waals surface area contributed by atoms with Crippen molar-refractivity contribution in [3.05, 3.63) is 33.5 Å². The predicted octanol–water partition coefficient (Wildman–Crippen LogP) is 4.44. The van der Waals surface area contributed by atoms with Crippen LogP contribution < -0.4 is 5.32 Å². The molecule has 0 amide bonds. The second-order valence-electron chi connectivity index (χ2n) is 3.82. The Morgan fingerprint density at radius 3 is 2.78 bits per heavy atom. The van der Waals surface area contributed by atoms with E-state index in [2.05, 4.69) is 10.3 Å². The highest BCUT2D eigenvalue weighted by Crippen LogP contribution is 2.35. The Kier molecular flexibility index (Phi) is 3.91. The lowest BCUT2D eigenvalue weighted by atomic mass is 10.1. The monoisotopic (exact) mass is 292 g/mol. The average Bonchev–Trinajstić information content (AvgIpc) is 2.96. The van der Waals surface area contributed by atoms with Gasteiger partial charge in [-0.15, -0.1) is 11.3 Å². The van der Waals surface area contributed by atoms with E-state index in [0.29, 0.717) is 23.0 Å². The van der Waals surface area contributed by atoms with E-state index in [-0.39, 0.29) is 5.92 Å². The zero-order valence-corrected chi connectivity index (χ0v) is 11.1. The van der Waals surface area contributed by atoms with Gasteiger partial charge in [-0.05, 0) is 11.4 Å². The van der Waals surface area contributed by atoms with E-state index in [1.165, 1.54) is 4.88 Å². The molecule has 0 spiro atoms. The van der Waals surface area contributed by atoms with Crippen molar-refractivity contribution < 1.29 is 13.2 Å². The van der Waals surface area contributed by atoms with E-state index in [9.17, 15) is 13.2 Å². The number of alkyl halides is 3. The minimum atomic E-state index is -4.31. The van der Waals surface area contributed by atoms with Crippen molar-refractivity contribution in [3.63, 3.8) is 0 Å². The molecule has 0 radical (unpaired) electrons. The third-order valence-corrected chi connectivity index (χ3v) is 4.48. The molecule has 0 saturated carbocycles. The molecular formula is C11H11F3N2S2. The third-order valence-electron chi connectivity index (χ3n) is 2.37. The van der Waals surface area contributed by atoms with Crippen molar-refractivity contribution in [2.75, 3.05) is 11.9 Å². The van der Waals surface area contributed by atoms with Gasteiger partial charge in [0.05, 0.1) is 6.20 Å². The van der Waals surface area contributed by atoms with E-state index >= 15 is 0 Å². The van der Waals surface area contributed by atoms with E-state index in [1.807, 2.05) is 24.4 Å². The van der Waals surface area contributed by atoms with Gasteiger partial charge in [-0.2, -0.15) is 13.2 Å². The molecule has 0 aromatic carbocycles. The second kappa shape index (κ2) is 5.27. The number of hydrogen-bond acceptors (Lipinski definition) is 4. The summed E-state index contributed by atoms with van der Waals surface area (Å²) in [5, 5.41) is 5.23. The van der Waals surface area contributed by atoms with Gasteiger partial charge in [0.2, 0.25) is 0 Å². The van der Waals surface area contributed by atoms with Gasteiger partial charge < -0.3 is 5.32 Å². The van der Waals surface area contributed by atoms with Crippen LogP contribution in [0.25, 0.3) is 0 Å². The Hall–Kier alpha value is -1.08. The van der Waals surface area contributed by atoms with Crippen LogP contribution in [-0.2, 0) is 6.18 Å². The normalized spacial score (nSPS) is 13.6. The molecule has 0 saturated heterocycles. The topological polar surface area (TPSA) is 24.9 Å². The van der Waals surface area contributed by atoms with Crippen LogP contribution >= 0.6 is 22.7 Å². The van der Waals surface area contributed by atoms with Crippen molar-refractivity contribution in [2.45, 2.75) is 19.0 Å². The molecule has 2 rings (SSSR count). The molecule has 0 aliphatic rings. The minimum absolute atomic E-state index is 0.253. The summed E-state index contributed by atoms with van der Waals surface area (Å²) in [6, 6.07) is 3.97. The summed E-state index contributed by atoms with van der Waals surface area (Å²) in [5.74, 6) is 0.253. The summed E-state index contributed by atoms with van der Waals surface area (Å²) in [4.78, 5) is 4.26. The molecule has 0 aliphatic heterocycles. The number of rotatable bonds is 4. The molecule has 7 heteroatoms. The van der Waals surface area contributed by atoms with Crippen LogP contribution in [0.3, 0.4) is 0 Å². The van der Waals surface area contributed by atoms with Gasteiger partial charge in [0.25, 0.3) is 0 Å². The fourth-order valence-electron chi connectivity index (χ4n) is 1.40. The largest absolute Gasteiger partial charge is 0.427 e. The van der Waals surface area contributed by atoms with Crippen LogP contribution in [0, 0.1) is 0 Å². The SMILES string of the molecule is CC(CNc1ncc(C(F)(F)F)s1)c1cccs1. The molecule has 2 nitrogen and oxygen atoms in total. The first-order valence-corrected chi connectivity index (χ1v) is 6.96. The maximum absolute atomic E-state index is 12.4. The third kappa shape index (κ3) is 3.23. The van der Waals surface area contributed by atoms with Crippen LogP contribution in [0.1, 0.15) is 22.6 Å². The van der Waals surface area contributed by atoms with Crippen molar-refractivity contribution in [1.82, 2.24) is 4.98 Å². The summed E-state index contributed by atoms with van der Waals surface area (Å²) >= 11 is 2.27. The van der Waals surface area contributed by atoms with Crippen LogP contribution in [0.15, 0.2) is 23.7 Å². The van der Waals surface area contributed by atoms with Gasteiger partial charge in [-0.3, -0.25) is 0 Å². The van der Waals surface area contributed by atoms with Gasteiger partial charge >= 0.3 is 6.18 Å². The lowest BCUT2D eigenvalue weighted by Crippen LogP contribution is -2.08. The van der Waals surface area contributed by atoms with E-state index in [4.69, 9.17) is 0 Å². The number of aromatic nitrogens is 1. The van der Waals surface area contributed by atoms with Crippen LogP contribution in [0.2, 0.25) is 0 Å². The van der Waals surface area contributed by atoms with Gasteiger partial charge in [0.15, 0.2) is 5.13 Å². The smallest absolute Gasteiger partial charge is 0.361 e. The quantitative estimate of drug-likeness (QED) is 0.901. The highest BCUT2D eigenvalue weighted by atomic mass is 32.1. The summed E-state index contributed by atoms with van der Waals surface area (Å²) in [6.07, 6.45) is -3.44. The zero-order valence-electron chi connectivity index (χ0n) is 9.49. The number of nitrogens with zero attached hydrogens (tertiary/aromatic N) is 1. The van der Waals surface area contributed by atoms with E-state index < -0.39 is 11.1 Å². The van der Waals surface area contributed by atoms with Gasteiger partial charge in [-0.1, -0.05) is 24.3 Å². The molecule has 18 heavy (non-hydrogen) atoms. The summed E-state index contributed by atoms with van der Waals surface area (Å²) in [7, 11) is 0. The molecule has 2 aromatic rings. The number of thiazole rings is 1. The Balaban J connectivity index is 1.93. The standard InChI is InChI=1S/C11H11F3N2S2/c1-7(8-3-2-4-17-8)5-15-10-16-6-9(18-10)11(12,13)14/h2-4,6-7H,5H2,1H3,(H,15,16). The molecule has 2 heterocycles. The van der Waals surface area contributed by atoms with Crippen LogP contribution in [0.4, 0.5) is 18.3 Å². The molecule has 1 unspecified atom stereocenters. The van der Waals surface area contributed by atoms with Crippen LogP contribution in [0.5, 0.6) is 0 Å². The molecule has 98 valence electrons. The minimum Gasteiger partial charge on any atom is -0.361 e. The van der Waals surface area contributed by atoms with Crippen molar-refractivity contribution in [3.8, 4) is 0 Å². The number of hydrogen-bond donors (Lipinski definition) is 1. The summed E-state index contributed by atoms with van der Waals surface area (Å²) in [5.41, 5.74) is 0. The van der Waals surface area contributed by atoms with Gasteiger partial charge in [0, 0.05) is 17.3 Å². The van der Waals surface area contributed by atoms with Crippen molar-refractivity contribution in [1.29, 1.82) is 0 Å². The lowest BCUT2D eigenvalue weighted by Gasteiger charge is -2.09. The number of anilines is 1. The Bertz CT molecular complexity index is 491. The van der Waals surface area contributed by atoms with Crippen LogP contribution in [-0.4, -0.2) is 11.5 Å². The number of halogens is 3. The predicted molar refractivity (Wildman–Crippen MR) is 68.3 cm³/mol. The molecule has 0 bridgehead atoms. The van der Waals surface area contributed by atoms with E-state index in [0.717, 1.165) is 6.20 Å². The van der Waals surface area contributed by atoms with Crippen molar-refractivity contribution in [2.24, 2.45) is 0 Å². The summed E-state index contributed by atoms with van der Waals surface area (Å²) in [6.45, 7) is 2.60. The Morgan fingerprint density at radius 2 is 2.22 bits per heavy atom. The fourth-order valence-corrected chi connectivity index (χ4v) is 2.88. The maximum Gasteiger partial charge on any atom is 0.427 e. The highest BCUT2D eigenvalue weighted by Gasteiger charge is 2.33. The van der Waals surface area contributed by atoms with E-state index in [1.54, 1.807) is 11.3 Å². The molecule has 0 fully saturated rings. The second-order valence-corrected chi connectivity index (χ2v) is 5.83. The molecule has 2 aromatic heterocycles. The van der Waals surface area contributed by atoms with Crippen molar-refractivity contribution >= 4 is 27.8 Å². The number of thiophene rings is 1. The average molecular weight is 292 g/mol. The lowest BCUT2D eigenvalue weighted by molar-refractivity contribution is -0.134. The maximum atomic E-state index is 12.4. The Labute approximate surface area is 110 Å². The molecule has 0 aliphatic carbocycles. The Morgan fingerprint density at radius 1 is 1.44 bits per heavy atom. The zero-order chi connectivity index (χ0) is 13.2. The summed E-state index contributed by atoms with van der Waals surface area (Å²) < 4.78 is 37.1. The number of nitrogens with one attached hydrogen (secondary N) is 1. The first-order valence-electron chi connectivity index (χ1n) is 5.27. The fraction of sp³-hybridized carbons (Fsp3) is 0.364.